The third-order valence-electron chi connectivity index (χ3n) is 5.76. The third kappa shape index (κ3) is 6.19. The molecule has 0 unspecified atom stereocenters. The Morgan fingerprint density at radius 3 is 2.67 bits per heavy atom. The summed E-state index contributed by atoms with van der Waals surface area (Å²) >= 11 is 5.55. The molecule has 0 aliphatic heterocycles. The second-order valence-electron chi connectivity index (χ2n) is 8.38. The SMILES string of the molecule is COc1ccc2[nH]cc(CCN=C(NC(=S)NC3CCCC3)Nc3nc(C)cc(C)n3)c2c1. The molecule has 1 fully saturated rings. The van der Waals surface area contributed by atoms with E-state index in [1.54, 1.807) is 7.11 Å². The molecule has 2 heterocycles. The van der Waals surface area contributed by atoms with Crippen LogP contribution >= 0.6 is 12.2 Å². The summed E-state index contributed by atoms with van der Waals surface area (Å²) in [5, 5.41) is 11.5. The van der Waals surface area contributed by atoms with Crippen LogP contribution in [0.3, 0.4) is 0 Å². The standard InChI is InChI=1S/C24H31N7OS/c1-15-12-16(2)28-23(27-15)30-22(31-24(33)29-18-6-4-5-7-18)25-11-10-17-14-26-21-9-8-19(32-3)13-20(17)21/h8-9,12-14,18,26H,4-7,10-11H2,1-3H3,(H3,25,27,28,29,30,31,33). The van der Waals surface area contributed by atoms with Gasteiger partial charge in [-0.25, -0.2) is 9.97 Å². The second kappa shape index (κ2) is 10.6. The highest BCUT2D eigenvalue weighted by atomic mass is 32.1. The van der Waals surface area contributed by atoms with Crippen LogP contribution < -0.4 is 20.7 Å². The molecule has 1 aliphatic carbocycles. The number of rotatable bonds is 6. The molecule has 33 heavy (non-hydrogen) atoms. The van der Waals surface area contributed by atoms with Crippen molar-refractivity contribution < 1.29 is 4.74 Å². The van der Waals surface area contributed by atoms with E-state index in [-0.39, 0.29) is 0 Å². The Morgan fingerprint density at radius 2 is 1.94 bits per heavy atom. The molecule has 0 bridgehead atoms. The Morgan fingerprint density at radius 1 is 1.18 bits per heavy atom. The van der Waals surface area contributed by atoms with E-state index in [9.17, 15) is 0 Å². The molecule has 174 valence electrons. The average Bonchev–Trinajstić information content (AvgIpc) is 3.42. The van der Waals surface area contributed by atoms with Crippen LogP contribution in [0.15, 0.2) is 35.5 Å². The fourth-order valence-electron chi connectivity index (χ4n) is 4.18. The number of anilines is 1. The fourth-order valence-corrected chi connectivity index (χ4v) is 4.44. The van der Waals surface area contributed by atoms with Gasteiger partial charge in [0.05, 0.1) is 7.11 Å². The molecule has 0 saturated heterocycles. The van der Waals surface area contributed by atoms with Gasteiger partial charge in [-0.05, 0) is 75.2 Å². The summed E-state index contributed by atoms with van der Waals surface area (Å²) in [4.78, 5) is 17.0. The molecule has 8 nitrogen and oxygen atoms in total. The van der Waals surface area contributed by atoms with Gasteiger partial charge in [0.25, 0.3) is 0 Å². The topological polar surface area (TPSA) is 99.2 Å². The first-order valence-electron chi connectivity index (χ1n) is 11.4. The average molecular weight is 466 g/mol. The van der Waals surface area contributed by atoms with Gasteiger partial charge in [-0.3, -0.25) is 10.3 Å². The van der Waals surface area contributed by atoms with Gasteiger partial charge in [-0.1, -0.05) is 12.8 Å². The van der Waals surface area contributed by atoms with Crippen LogP contribution in [0.2, 0.25) is 0 Å². The van der Waals surface area contributed by atoms with Gasteiger partial charge in [-0.15, -0.1) is 0 Å². The van der Waals surface area contributed by atoms with Crippen LogP contribution in [0, 0.1) is 13.8 Å². The van der Waals surface area contributed by atoms with Crippen LogP contribution in [-0.2, 0) is 6.42 Å². The van der Waals surface area contributed by atoms with Crippen molar-refractivity contribution >= 4 is 40.1 Å². The number of benzene rings is 1. The maximum absolute atomic E-state index is 5.55. The number of guanidine groups is 1. The quantitative estimate of drug-likeness (QED) is 0.248. The molecule has 1 aliphatic rings. The Hall–Kier alpha value is -3.20. The van der Waals surface area contributed by atoms with Gasteiger partial charge in [0.1, 0.15) is 5.75 Å². The predicted molar refractivity (Wildman–Crippen MR) is 137 cm³/mol. The van der Waals surface area contributed by atoms with Crippen LogP contribution in [-0.4, -0.2) is 45.7 Å². The first-order chi connectivity index (χ1) is 16.0. The number of fused-ring (bicyclic) bond motifs is 1. The maximum atomic E-state index is 5.55. The molecule has 0 amide bonds. The van der Waals surface area contributed by atoms with Crippen molar-refractivity contribution in [3.8, 4) is 5.75 Å². The van der Waals surface area contributed by atoms with Gasteiger partial charge in [0.2, 0.25) is 11.9 Å². The number of aromatic amines is 1. The van der Waals surface area contributed by atoms with E-state index < -0.39 is 0 Å². The number of ether oxygens (including phenoxy) is 1. The molecular formula is C24H31N7OS. The lowest BCUT2D eigenvalue weighted by Gasteiger charge is -2.17. The van der Waals surface area contributed by atoms with E-state index in [1.807, 2.05) is 44.3 Å². The van der Waals surface area contributed by atoms with E-state index in [0.717, 1.165) is 47.3 Å². The Labute approximate surface area is 199 Å². The van der Waals surface area contributed by atoms with Gasteiger partial charge in [-0.2, -0.15) is 0 Å². The smallest absolute Gasteiger partial charge is 0.229 e. The number of methoxy groups -OCH3 is 1. The minimum absolute atomic E-state index is 0.421. The van der Waals surface area contributed by atoms with Crippen molar-refractivity contribution in [1.82, 2.24) is 25.6 Å². The Balaban J connectivity index is 1.48. The van der Waals surface area contributed by atoms with Crippen molar-refractivity contribution in [2.75, 3.05) is 19.0 Å². The zero-order valence-electron chi connectivity index (χ0n) is 19.4. The Kier molecular flexibility index (Phi) is 7.39. The molecule has 3 aromatic rings. The summed E-state index contributed by atoms with van der Waals surface area (Å²) in [7, 11) is 1.68. The number of aryl methyl sites for hydroxylation is 2. The van der Waals surface area contributed by atoms with Gasteiger partial charge in [0.15, 0.2) is 5.11 Å². The summed E-state index contributed by atoms with van der Waals surface area (Å²) < 4.78 is 5.38. The molecule has 4 rings (SSSR count). The highest BCUT2D eigenvalue weighted by Gasteiger charge is 2.16. The second-order valence-corrected chi connectivity index (χ2v) is 8.79. The Bertz CT molecular complexity index is 1130. The predicted octanol–water partition coefficient (Wildman–Crippen LogP) is 4.00. The molecule has 9 heteroatoms. The number of nitrogens with zero attached hydrogens (tertiary/aromatic N) is 3. The van der Waals surface area contributed by atoms with Crippen LogP contribution in [0.1, 0.15) is 42.6 Å². The normalized spacial score (nSPS) is 14.5. The first-order valence-corrected chi connectivity index (χ1v) is 11.8. The number of aliphatic imine (C=N–C) groups is 1. The lowest BCUT2D eigenvalue weighted by Crippen LogP contribution is -2.46. The molecule has 4 N–H and O–H groups in total. The highest BCUT2D eigenvalue weighted by Crippen LogP contribution is 2.24. The zero-order valence-corrected chi connectivity index (χ0v) is 20.2. The van der Waals surface area contributed by atoms with Gasteiger partial charge >= 0.3 is 0 Å². The highest BCUT2D eigenvalue weighted by molar-refractivity contribution is 7.80. The fraction of sp³-hybridized carbons (Fsp3) is 0.417. The van der Waals surface area contributed by atoms with Crippen LogP contribution in [0.4, 0.5) is 5.95 Å². The molecule has 0 radical (unpaired) electrons. The summed E-state index contributed by atoms with van der Waals surface area (Å²) in [6, 6.07) is 8.39. The molecule has 1 aromatic carbocycles. The summed E-state index contributed by atoms with van der Waals surface area (Å²) in [6.07, 6.45) is 7.56. The molecule has 2 aromatic heterocycles. The molecular weight excluding hydrogens is 434 g/mol. The van der Waals surface area contributed by atoms with E-state index in [2.05, 4.69) is 30.9 Å². The molecule has 1 saturated carbocycles. The molecule has 0 spiro atoms. The zero-order chi connectivity index (χ0) is 23.2. The number of H-pyrrole nitrogens is 1. The third-order valence-corrected chi connectivity index (χ3v) is 5.98. The number of aromatic nitrogens is 3. The van der Waals surface area contributed by atoms with Crippen molar-refractivity contribution in [3.63, 3.8) is 0 Å². The maximum Gasteiger partial charge on any atom is 0.229 e. The van der Waals surface area contributed by atoms with Crippen LogP contribution in [0.25, 0.3) is 10.9 Å². The van der Waals surface area contributed by atoms with Crippen molar-refractivity contribution in [2.24, 2.45) is 4.99 Å². The number of nitrogens with one attached hydrogen (secondary N) is 4. The van der Waals surface area contributed by atoms with E-state index >= 15 is 0 Å². The monoisotopic (exact) mass is 465 g/mol. The van der Waals surface area contributed by atoms with E-state index in [0.29, 0.717) is 29.6 Å². The summed E-state index contributed by atoms with van der Waals surface area (Å²) in [6.45, 7) is 4.46. The van der Waals surface area contributed by atoms with Crippen LogP contribution in [0.5, 0.6) is 5.75 Å². The molecule has 0 atom stereocenters. The van der Waals surface area contributed by atoms with Crippen molar-refractivity contribution in [1.29, 1.82) is 0 Å². The van der Waals surface area contributed by atoms with E-state index in [4.69, 9.17) is 21.9 Å². The minimum atomic E-state index is 0.421. The number of thiocarbonyl (C=S) groups is 1. The van der Waals surface area contributed by atoms with Crippen molar-refractivity contribution in [2.45, 2.75) is 52.0 Å². The van der Waals surface area contributed by atoms with E-state index in [1.165, 1.54) is 18.4 Å². The lowest BCUT2D eigenvalue weighted by molar-refractivity contribution is 0.415. The summed E-state index contributed by atoms with van der Waals surface area (Å²) in [5.74, 6) is 1.87. The largest absolute Gasteiger partial charge is 0.497 e. The number of hydrogen-bond donors (Lipinski definition) is 4. The van der Waals surface area contributed by atoms with Gasteiger partial charge in [0, 0.05) is 41.1 Å². The van der Waals surface area contributed by atoms with Crippen molar-refractivity contribution in [3.05, 3.63) is 47.4 Å². The first kappa shape index (κ1) is 23.0. The minimum Gasteiger partial charge on any atom is -0.497 e. The number of hydrogen-bond acceptors (Lipinski definition) is 5. The summed E-state index contributed by atoms with van der Waals surface area (Å²) in [5.41, 5.74) is 4.05. The van der Waals surface area contributed by atoms with Gasteiger partial charge < -0.3 is 20.4 Å². The lowest BCUT2D eigenvalue weighted by atomic mass is 10.1.